The predicted molar refractivity (Wildman–Crippen MR) is 106 cm³/mol. The molecule has 28 heavy (non-hydrogen) atoms. The van der Waals surface area contributed by atoms with Gasteiger partial charge >= 0.3 is 0 Å². The summed E-state index contributed by atoms with van der Waals surface area (Å²) in [6.45, 7) is 2.97. The fourth-order valence-electron chi connectivity index (χ4n) is 4.26. The number of methoxy groups -OCH3 is 1. The van der Waals surface area contributed by atoms with Gasteiger partial charge in [0.15, 0.2) is 0 Å². The van der Waals surface area contributed by atoms with E-state index in [1.807, 2.05) is 47.4 Å². The number of nitrogens with zero attached hydrogens (tertiary/aromatic N) is 1. The fraction of sp³-hybridized carbons (Fsp3) is 0.435. The molecule has 2 aromatic carbocycles. The number of morpholine rings is 1. The van der Waals surface area contributed by atoms with Crippen molar-refractivity contribution in [2.45, 2.75) is 24.4 Å². The highest BCUT2D eigenvalue weighted by molar-refractivity contribution is 5.88. The molecule has 0 saturated carbocycles. The number of hydrogen-bond donors (Lipinski definition) is 0. The van der Waals surface area contributed by atoms with E-state index in [1.54, 1.807) is 7.11 Å². The Balaban J connectivity index is 1.60. The van der Waals surface area contributed by atoms with Gasteiger partial charge in [-0.05, 0) is 36.1 Å². The third-order valence-electron chi connectivity index (χ3n) is 5.92. The van der Waals surface area contributed by atoms with Gasteiger partial charge in [0, 0.05) is 19.8 Å². The van der Waals surface area contributed by atoms with Crippen molar-refractivity contribution in [1.82, 2.24) is 4.90 Å². The Bertz CT molecular complexity index is 784. The number of rotatable bonds is 4. The van der Waals surface area contributed by atoms with Crippen molar-refractivity contribution in [2.75, 3.05) is 40.0 Å². The summed E-state index contributed by atoms with van der Waals surface area (Å²) in [6.07, 6.45) is 1.32. The van der Waals surface area contributed by atoms with Crippen molar-refractivity contribution in [3.8, 4) is 5.75 Å². The molecule has 0 aliphatic carbocycles. The monoisotopic (exact) mass is 381 g/mol. The van der Waals surface area contributed by atoms with E-state index in [9.17, 15) is 4.79 Å². The average Bonchev–Trinajstić information content (AvgIpc) is 2.80. The molecule has 2 aromatic rings. The van der Waals surface area contributed by atoms with Crippen molar-refractivity contribution < 1.29 is 19.0 Å². The Hall–Kier alpha value is -2.37. The number of hydrogen-bond acceptors (Lipinski definition) is 4. The zero-order chi connectivity index (χ0) is 19.4. The van der Waals surface area contributed by atoms with Crippen molar-refractivity contribution in [1.29, 1.82) is 0 Å². The van der Waals surface area contributed by atoms with Gasteiger partial charge in [-0.15, -0.1) is 0 Å². The molecular formula is C23H27NO4. The molecule has 5 heteroatoms. The molecule has 0 N–H and O–H groups in total. The minimum Gasteiger partial charge on any atom is -0.497 e. The second kappa shape index (κ2) is 8.33. The summed E-state index contributed by atoms with van der Waals surface area (Å²) in [4.78, 5) is 15.8. The molecule has 0 radical (unpaired) electrons. The van der Waals surface area contributed by atoms with Crippen LogP contribution in [0.4, 0.5) is 0 Å². The van der Waals surface area contributed by atoms with Crippen molar-refractivity contribution >= 4 is 5.91 Å². The van der Waals surface area contributed by atoms with E-state index in [0.717, 1.165) is 16.9 Å². The summed E-state index contributed by atoms with van der Waals surface area (Å²) in [5.41, 5.74) is 1.62. The molecule has 148 valence electrons. The summed E-state index contributed by atoms with van der Waals surface area (Å²) in [5.74, 6) is 0.985. The maximum atomic E-state index is 13.8. The van der Waals surface area contributed by atoms with E-state index in [1.165, 1.54) is 0 Å². The van der Waals surface area contributed by atoms with Crippen LogP contribution in [0.5, 0.6) is 5.75 Å². The van der Waals surface area contributed by atoms with Gasteiger partial charge in [-0.2, -0.15) is 0 Å². The zero-order valence-electron chi connectivity index (χ0n) is 16.3. The maximum absolute atomic E-state index is 13.8. The van der Waals surface area contributed by atoms with Gasteiger partial charge in [0.05, 0.1) is 25.7 Å². The molecule has 1 unspecified atom stereocenters. The molecule has 0 aromatic heterocycles. The van der Waals surface area contributed by atoms with Gasteiger partial charge in [-0.3, -0.25) is 4.79 Å². The molecule has 0 bridgehead atoms. The van der Waals surface area contributed by atoms with Crippen LogP contribution in [0, 0.1) is 0 Å². The zero-order valence-corrected chi connectivity index (χ0v) is 16.3. The lowest BCUT2D eigenvalue weighted by molar-refractivity contribution is -0.149. The predicted octanol–water partition coefficient (Wildman–Crippen LogP) is 3.34. The molecule has 2 fully saturated rings. The van der Waals surface area contributed by atoms with E-state index in [4.69, 9.17) is 14.2 Å². The van der Waals surface area contributed by atoms with Gasteiger partial charge in [0.25, 0.3) is 0 Å². The van der Waals surface area contributed by atoms with Gasteiger partial charge in [0.2, 0.25) is 5.91 Å². The highest BCUT2D eigenvalue weighted by Crippen LogP contribution is 2.38. The van der Waals surface area contributed by atoms with E-state index in [0.29, 0.717) is 45.8 Å². The molecule has 2 heterocycles. The first kappa shape index (κ1) is 19.0. The highest BCUT2D eigenvalue weighted by Gasteiger charge is 2.45. The normalized spacial score (nSPS) is 21.9. The second-order valence-corrected chi connectivity index (χ2v) is 7.44. The largest absolute Gasteiger partial charge is 0.497 e. The molecular weight excluding hydrogens is 354 g/mol. The third kappa shape index (κ3) is 3.64. The molecule has 1 amide bonds. The van der Waals surface area contributed by atoms with E-state index in [-0.39, 0.29) is 12.0 Å². The Labute approximate surface area is 166 Å². The topological polar surface area (TPSA) is 48.0 Å². The lowest BCUT2D eigenvalue weighted by atomic mass is 9.72. The van der Waals surface area contributed by atoms with Crippen LogP contribution in [0.1, 0.15) is 30.1 Å². The average molecular weight is 381 g/mol. The quantitative estimate of drug-likeness (QED) is 0.815. The minimum absolute atomic E-state index is 0.0772. The summed E-state index contributed by atoms with van der Waals surface area (Å²) in [6, 6.07) is 18.1. The Morgan fingerprint density at radius 2 is 1.75 bits per heavy atom. The lowest BCUT2D eigenvalue weighted by Crippen LogP contribution is -2.53. The van der Waals surface area contributed by atoms with Crippen LogP contribution in [0.15, 0.2) is 54.6 Å². The SMILES string of the molecule is COc1ccc(C2(C(=O)N3CCOC(c4ccccc4)C3)CCOCC2)cc1. The lowest BCUT2D eigenvalue weighted by Gasteiger charge is -2.42. The van der Waals surface area contributed by atoms with Crippen molar-refractivity contribution in [3.63, 3.8) is 0 Å². The Morgan fingerprint density at radius 3 is 2.43 bits per heavy atom. The fourth-order valence-corrected chi connectivity index (χ4v) is 4.26. The molecule has 2 saturated heterocycles. The Kier molecular flexibility index (Phi) is 5.64. The minimum atomic E-state index is -0.539. The van der Waals surface area contributed by atoms with Crippen LogP contribution in [0.2, 0.25) is 0 Å². The standard InChI is InChI=1S/C23H27NO4/c1-26-20-9-7-19(8-10-20)23(11-14-27-15-12-23)22(25)24-13-16-28-21(17-24)18-5-3-2-4-6-18/h2-10,21H,11-17H2,1H3. The van der Waals surface area contributed by atoms with Gasteiger partial charge in [0.1, 0.15) is 11.9 Å². The molecule has 0 spiro atoms. The first-order valence-electron chi connectivity index (χ1n) is 9.91. The van der Waals surface area contributed by atoms with E-state index in [2.05, 4.69) is 12.1 Å². The third-order valence-corrected chi connectivity index (χ3v) is 5.92. The molecule has 4 rings (SSSR count). The van der Waals surface area contributed by atoms with Crippen LogP contribution in [-0.4, -0.2) is 50.8 Å². The summed E-state index contributed by atoms with van der Waals surface area (Å²) >= 11 is 0. The van der Waals surface area contributed by atoms with E-state index >= 15 is 0 Å². The molecule has 5 nitrogen and oxygen atoms in total. The van der Waals surface area contributed by atoms with E-state index < -0.39 is 5.41 Å². The smallest absolute Gasteiger partial charge is 0.233 e. The summed E-state index contributed by atoms with van der Waals surface area (Å²) in [7, 11) is 1.65. The first-order valence-corrected chi connectivity index (χ1v) is 9.91. The first-order chi connectivity index (χ1) is 13.7. The molecule has 2 aliphatic heterocycles. The number of carbonyl (C=O) groups is 1. The number of amides is 1. The maximum Gasteiger partial charge on any atom is 0.233 e. The number of benzene rings is 2. The number of carbonyl (C=O) groups excluding carboxylic acids is 1. The highest BCUT2D eigenvalue weighted by atomic mass is 16.5. The van der Waals surface area contributed by atoms with Crippen molar-refractivity contribution in [2.24, 2.45) is 0 Å². The van der Waals surface area contributed by atoms with Gasteiger partial charge in [-0.25, -0.2) is 0 Å². The second-order valence-electron chi connectivity index (χ2n) is 7.44. The van der Waals surface area contributed by atoms with Crippen LogP contribution in [0.25, 0.3) is 0 Å². The number of ether oxygens (including phenoxy) is 3. The van der Waals surface area contributed by atoms with Crippen LogP contribution in [-0.2, 0) is 19.7 Å². The summed E-state index contributed by atoms with van der Waals surface area (Å²) in [5, 5.41) is 0. The van der Waals surface area contributed by atoms with Gasteiger partial charge in [-0.1, -0.05) is 42.5 Å². The summed E-state index contributed by atoms with van der Waals surface area (Å²) < 4.78 is 16.9. The Morgan fingerprint density at radius 1 is 1.04 bits per heavy atom. The van der Waals surface area contributed by atoms with Crippen LogP contribution < -0.4 is 4.74 Å². The van der Waals surface area contributed by atoms with Gasteiger partial charge < -0.3 is 19.1 Å². The van der Waals surface area contributed by atoms with Crippen LogP contribution >= 0.6 is 0 Å². The molecule has 1 atom stereocenters. The molecule has 2 aliphatic rings. The van der Waals surface area contributed by atoms with Crippen LogP contribution in [0.3, 0.4) is 0 Å². The van der Waals surface area contributed by atoms with Crippen molar-refractivity contribution in [3.05, 3.63) is 65.7 Å².